The zero-order valence-electron chi connectivity index (χ0n) is 6.46. The van der Waals surface area contributed by atoms with Gasteiger partial charge in [-0.15, -0.1) is 0 Å². The molecule has 0 radical (unpaired) electrons. The van der Waals surface area contributed by atoms with Gasteiger partial charge >= 0.3 is 0 Å². The fourth-order valence-corrected chi connectivity index (χ4v) is 1.08. The smallest absolute Gasteiger partial charge is 0.0179 e. The quantitative estimate of drug-likeness (QED) is 0.456. The summed E-state index contributed by atoms with van der Waals surface area (Å²) < 4.78 is 0. The fourth-order valence-electron chi connectivity index (χ4n) is 1.08. The molecule has 1 heterocycles. The summed E-state index contributed by atoms with van der Waals surface area (Å²) >= 11 is 0. The molecule has 1 saturated heterocycles. The molecule has 1 aliphatic heterocycles. The molecular formula is C6H15N3. The van der Waals surface area contributed by atoms with E-state index in [9.17, 15) is 0 Å². The Morgan fingerprint density at radius 3 is 1.67 bits per heavy atom. The first-order chi connectivity index (χ1) is 4.22. The van der Waals surface area contributed by atoms with Crippen LogP contribution in [-0.2, 0) is 0 Å². The molecule has 0 unspecified atom stereocenters. The Balaban J connectivity index is 2.41. The highest BCUT2D eigenvalue weighted by molar-refractivity contribution is 4.55. The van der Waals surface area contributed by atoms with Crippen LogP contribution in [-0.4, -0.2) is 49.4 Å². The number of hydrogen-bond acceptors (Lipinski definition) is 3. The monoisotopic (exact) mass is 129 g/mol. The van der Waals surface area contributed by atoms with Crippen LogP contribution < -0.4 is 0 Å². The van der Waals surface area contributed by atoms with Gasteiger partial charge in [-0.25, -0.2) is 10.0 Å². The Kier molecular flexibility index (Phi) is 2.05. The van der Waals surface area contributed by atoms with Gasteiger partial charge in [-0.3, -0.25) is 0 Å². The van der Waals surface area contributed by atoms with E-state index in [4.69, 9.17) is 0 Å². The Morgan fingerprint density at radius 2 is 1.33 bits per heavy atom. The number of hydrogen-bond donors (Lipinski definition) is 0. The standard InChI is InChI=1S/C6H15N3/c1-7-5-4-6-8(2)9(7)3/h4-6H2,1-3H3. The van der Waals surface area contributed by atoms with Crippen LogP contribution in [0.2, 0.25) is 0 Å². The summed E-state index contributed by atoms with van der Waals surface area (Å²) in [5.74, 6) is 0. The van der Waals surface area contributed by atoms with Crippen LogP contribution in [0.1, 0.15) is 6.42 Å². The van der Waals surface area contributed by atoms with Gasteiger partial charge in [0, 0.05) is 34.2 Å². The largest absolute Gasteiger partial charge is 0.231 e. The number of hydrazine groups is 2. The third-order valence-corrected chi connectivity index (χ3v) is 1.95. The van der Waals surface area contributed by atoms with Crippen molar-refractivity contribution in [3.8, 4) is 0 Å². The number of nitrogens with zero attached hydrogens (tertiary/aromatic N) is 3. The van der Waals surface area contributed by atoms with Crippen LogP contribution in [0.5, 0.6) is 0 Å². The molecule has 1 rings (SSSR count). The molecule has 0 saturated carbocycles. The van der Waals surface area contributed by atoms with Crippen molar-refractivity contribution in [3.63, 3.8) is 0 Å². The second kappa shape index (κ2) is 2.64. The minimum Gasteiger partial charge on any atom is -0.231 e. The lowest BCUT2D eigenvalue weighted by molar-refractivity contribution is -0.166. The van der Waals surface area contributed by atoms with Crippen molar-refractivity contribution in [1.82, 2.24) is 15.1 Å². The van der Waals surface area contributed by atoms with Crippen molar-refractivity contribution < 1.29 is 0 Å². The van der Waals surface area contributed by atoms with Crippen molar-refractivity contribution in [2.24, 2.45) is 0 Å². The topological polar surface area (TPSA) is 9.72 Å². The van der Waals surface area contributed by atoms with Crippen molar-refractivity contribution in [1.29, 1.82) is 0 Å². The molecule has 9 heavy (non-hydrogen) atoms. The van der Waals surface area contributed by atoms with Crippen LogP contribution in [0.4, 0.5) is 0 Å². The molecule has 0 bridgehead atoms. The number of rotatable bonds is 0. The van der Waals surface area contributed by atoms with E-state index in [0.717, 1.165) is 0 Å². The molecule has 0 aliphatic carbocycles. The predicted octanol–water partition coefficient (Wildman–Crippen LogP) is 0.0155. The van der Waals surface area contributed by atoms with Crippen LogP contribution >= 0.6 is 0 Å². The summed E-state index contributed by atoms with van der Waals surface area (Å²) in [4.78, 5) is 0. The maximum absolute atomic E-state index is 2.21. The van der Waals surface area contributed by atoms with E-state index in [1.54, 1.807) is 0 Å². The Morgan fingerprint density at radius 1 is 0.889 bits per heavy atom. The minimum atomic E-state index is 1.18. The van der Waals surface area contributed by atoms with E-state index in [0.29, 0.717) is 0 Å². The van der Waals surface area contributed by atoms with E-state index in [1.807, 2.05) is 0 Å². The Hall–Kier alpha value is -0.120. The van der Waals surface area contributed by atoms with E-state index in [2.05, 4.69) is 36.3 Å². The molecule has 0 aromatic carbocycles. The van der Waals surface area contributed by atoms with Gasteiger partial charge in [0.05, 0.1) is 0 Å². The average molecular weight is 129 g/mol. The second-order valence-corrected chi connectivity index (χ2v) is 2.61. The van der Waals surface area contributed by atoms with Crippen LogP contribution in [0.25, 0.3) is 0 Å². The van der Waals surface area contributed by atoms with Gasteiger partial charge in [-0.2, -0.15) is 5.12 Å². The lowest BCUT2D eigenvalue weighted by atomic mass is 10.4. The van der Waals surface area contributed by atoms with E-state index < -0.39 is 0 Å². The molecule has 0 aromatic rings. The summed E-state index contributed by atoms with van der Waals surface area (Å²) in [6.07, 6.45) is 1.28. The highest BCUT2D eigenvalue weighted by Crippen LogP contribution is 2.04. The maximum Gasteiger partial charge on any atom is 0.0179 e. The molecule has 0 atom stereocenters. The predicted molar refractivity (Wildman–Crippen MR) is 37.6 cm³/mol. The summed E-state index contributed by atoms with van der Waals surface area (Å²) in [5.41, 5.74) is 0. The molecule has 54 valence electrons. The second-order valence-electron chi connectivity index (χ2n) is 2.61. The molecule has 0 N–H and O–H groups in total. The zero-order chi connectivity index (χ0) is 6.85. The van der Waals surface area contributed by atoms with Crippen molar-refractivity contribution in [3.05, 3.63) is 0 Å². The third kappa shape index (κ3) is 1.41. The minimum absolute atomic E-state index is 1.18. The van der Waals surface area contributed by atoms with Crippen molar-refractivity contribution in [2.45, 2.75) is 6.42 Å². The average Bonchev–Trinajstić information content (AvgIpc) is 1.83. The molecule has 0 aromatic heterocycles. The third-order valence-electron chi connectivity index (χ3n) is 1.95. The highest BCUT2D eigenvalue weighted by Gasteiger charge is 2.15. The van der Waals surface area contributed by atoms with Gasteiger partial charge in [-0.05, 0) is 6.42 Å². The molecular weight excluding hydrogens is 114 g/mol. The summed E-state index contributed by atoms with van der Waals surface area (Å²) in [5, 5.41) is 6.57. The lowest BCUT2D eigenvalue weighted by Gasteiger charge is -2.39. The lowest BCUT2D eigenvalue weighted by Crippen LogP contribution is -2.52. The molecule has 3 nitrogen and oxygen atoms in total. The van der Waals surface area contributed by atoms with Crippen molar-refractivity contribution >= 4 is 0 Å². The summed E-state index contributed by atoms with van der Waals surface area (Å²) in [6, 6.07) is 0. The van der Waals surface area contributed by atoms with E-state index >= 15 is 0 Å². The van der Waals surface area contributed by atoms with Crippen LogP contribution in [0.3, 0.4) is 0 Å². The molecule has 1 aliphatic rings. The SMILES string of the molecule is CN1CCCN(C)N1C. The van der Waals surface area contributed by atoms with Crippen LogP contribution in [0, 0.1) is 0 Å². The maximum atomic E-state index is 2.21. The molecule has 0 amide bonds. The Bertz CT molecular complexity index is 84.3. The van der Waals surface area contributed by atoms with Crippen LogP contribution in [0.15, 0.2) is 0 Å². The molecule has 3 heteroatoms. The van der Waals surface area contributed by atoms with Gasteiger partial charge in [0.25, 0.3) is 0 Å². The summed E-state index contributed by atoms with van der Waals surface area (Å²) in [6.45, 7) is 2.36. The van der Waals surface area contributed by atoms with Gasteiger partial charge < -0.3 is 0 Å². The summed E-state index contributed by atoms with van der Waals surface area (Å²) in [7, 11) is 6.30. The molecule has 0 spiro atoms. The first-order valence-electron chi connectivity index (χ1n) is 3.37. The van der Waals surface area contributed by atoms with Gasteiger partial charge in [0.15, 0.2) is 0 Å². The van der Waals surface area contributed by atoms with Gasteiger partial charge in [-0.1, -0.05) is 0 Å². The molecule has 1 fully saturated rings. The zero-order valence-corrected chi connectivity index (χ0v) is 6.46. The normalized spacial score (nSPS) is 27.0. The first-order valence-corrected chi connectivity index (χ1v) is 3.37. The highest BCUT2D eigenvalue weighted by atomic mass is 15.8. The Labute approximate surface area is 56.8 Å². The van der Waals surface area contributed by atoms with E-state index in [1.165, 1.54) is 19.5 Å². The van der Waals surface area contributed by atoms with E-state index in [-0.39, 0.29) is 0 Å². The van der Waals surface area contributed by atoms with Gasteiger partial charge in [0.1, 0.15) is 0 Å². The fraction of sp³-hybridized carbons (Fsp3) is 1.00. The van der Waals surface area contributed by atoms with Gasteiger partial charge in [0.2, 0.25) is 0 Å². The first kappa shape index (κ1) is 6.99. The van der Waals surface area contributed by atoms with Crippen molar-refractivity contribution in [2.75, 3.05) is 34.2 Å².